The summed E-state index contributed by atoms with van der Waals surface area (Å²) in [5.74, 6) is 0.508. The summed E-state index contributed by atoms with van der Waals surface area (Å²) in [5, 5.41) is 3.13. The number of nitrogen functional groups attached to an aromatic ring is 1. The highest BCUT2D eigenvalue weighted by atomic mass is 35.5. The third-order valence-corrected chi connectivity index (χ3v) is 3.01. The Kier molecular flexibility index (Phi) is 3.21. The van der Waals surface area contributed by atoms with Crippen molar-refractivity contribution in [3.63, 3.8) is 0 Å². The maximum Gasteiger partial charge on any atom is 0.229 e. The lowest BCUT2D eigenvalue weighted by molar-refractivity contribution is 1.02. The molecule has 0 amide bonds. The molecule has 2 rings (SSSR count). The lowest BCUT2D eigenvalue weighted by atomic mass is 10.4. The van der Waals surface area contributed by atoms with Crippen LogP contribution in [0.15, 0.2) is 12.1 Å². The molecule has 2 aromatic rings. The summed E-state index contributed by atoms with van der Waals surface area (Å²) in [6.07, 6.45) is 0. The Morgan fingerprint density at radius 2 is 2.19 bits per heavy atom. The van der Waals surface area contributed by atoms with Gasteiger partial charge in [0.2, 0.25) is 17.2 Å². The molecule has 3 N–H and O–H groups in total. The van der Waals surface area contributed by atoms with E-state index in [4.69, 9.17) is 17.3 Å². The molecule has 84 valence electrons. The minimum absolute atomic E-state index is 0.0948. The third-order valence-electron chi connectivity index (χ3n) is 1.84. The Hall–Kier alpha value is -1.40. The zero-order chi connectivity index (χ0) is 11.5. The minimum atomic E-state index is 0.0948. The molecule has 0 bridgehead atoms. The van der Waals surface area contributed by atoms with E-state index in [2.05, 4.69) is 39.3 Å². The molecule has 5 nitrogen and oxygen atoms in total. The molecule has 2 aromatic heterocycles. The Balaban J connectivity index is 2.04. The number of thiophene rings is 1. The predicted molar refractivity (Wildman–Crippen MR) is 65.6 cm³/mol. The molecule has 0 atom stereocenters. The first-order valence-corrected chi connectivity index (χ1v) is 5.79. The molecule has 0 saturated carbocycles. The standard InChI is InChI=1S/C9H10ClN5S/c1-5-2-3-6(16-5)4-12-9-14-7(10)13-8(11)15-9/h2-3H,4H2,1H3,(H3,11,12,13,14,15). The van der Waals surface area contributed by atoms with Gasteiger partial charge in [-0.1, -0.05) is 0 Å². The number of halogens is 1. The molecule has 16 heavy (non-hydrogen) atoms. The van der Waals surface area contributed by atoms with E-state index < -0.39 is 0 Å². The molecule has 0 radical (unpaired) electrons. The molecule has 2 heterocycles. The number of rotatable bonds is 3. The van der Waals surface area contributed by atoms with Crippen LogP contribution in [0.4, 0.5) is 11.9 Å². The summed E-state index contributed by atoms with van der Waals surface area (Å²) in [6.45, 7) is 2.71. The van der Waals surface area contributed by atoms with Gasteiger partial charge < -0.3 is 11.1 Å². The Bertz CT molecular complexity index is 478. The van der Waals surface area contributed by atoms with Crippen LogP contribution in [0.25, 0.3) is 0 Å². The molecular weight excluding hydrogens is 246 g/mol. The van der Waals surface area contributed by atoms with E-state index in [1.807, 2.05) is 0 Å². The van der Waals surface area contributed by atoms with E-state index in [0.717, 1.165) is 0 Å². The normalized spacial score (nSPS) is 10.4. The summed E-state index contributed by atoms with van der Waals surface area (Å²) in [6, 6.07) is 4.12. The highest BCUT2D eigenvalue weighted by molar-refractivity contribution is 7.11. The fourth-order valence-corrected chi connectivity index (χ4v) is 2.19. The third kappa shape index (κ3) is 2.80. The number of aromatic nitrogens is 3. The van der Waals surface area contributed by atoms with E-state index in [1.165, 1.54) is 9.75 Å². The number of anilines is 2. The number of aryl methyl sites for hydroxylation is 1. The molecule has 0 fully saturated rings. The Morgan fingerprint density at radius 3 is 2.81 bits per heavy atom. The number of hydrogen-bond donors (Lipinski definition) is 2. The molecule has 0 aromatic carbocycles. The topological polar surface area (TPSA) is 76.7 Å². The number of nitrogens with one attached hydrogen (secondary N) is 1. The van der Waals surface area contributed by atoms with Gasteiger partial charge in [-0.3, -0.25) is 0 Å². The summed E-state index contributed by atoms with van der Waals surface area (Å²) >= 11 is 7.37. The van der Waals surface area contributed by atoms with Gasteiger partial charge >= 0.3 is 0 Å². The predicted octanol–water partition coefficient (Wildman–Crippen LogP) is 2.09. The molecule has 0 spiro atoms. The van der Waals surface area contributed by atoms with Crippen molar-refractivity contribution in [1.29, 1.82) is 0 Å². The van der Waals surface area contributed by atoms with Crippen LogP contribution < -0.4 is 11.1 Å². The molecule has 0 unspecified atom stereocenters. The van der Waals surface area contributed by atoms with Crippen LogP contribution in [0.3, 0.4) is 0 Å². The van der Waals surface area contributed by atoms with E-state index in [9.17, 15) is 0 Å². The largest absolute Gasteiger partial charge is 0.368 e. The van der Waals surface area contributed by atoms with Gasteiger partial charge in [0, 0.05) is 9.75 Å². The second kappa shape index (κ2) is 4.63. The van der Waals surface area contributed by atoms with Gasteiger partial charge in [0.25, 0.3) is 0 Å². The maximum absolute atomic E-state index is 5.66. The van der Waals surface area contributed by atoms with Gasteiger partial charge in [0.15, 0.2) is 0 Å². The lowest BCUT2D eigenvalue weighted by Crippen LogP contribution is -2.06. The molecule has 0 aliphatic carbocycles. The van der Waals surface area contributed by atoms with Crippen molar-refractivity contribution in [2.45, 2.75) is 13.5 Å². The zero-order valence-electron chi connectivity index (χ0n) is 8.57. The van der Waals surface area contributed by atoms with Gasteiger partial charge in [0.05, 0.1) is 6.54 Å². The summed E-state index contributed by atoms with van der Waals surface area (Å²) < 4.78 is 0. The molecule has 0 aliphatic heterocycles. The van der Waals surface area contributed by atoms with Crippen LogP contribution in [0.5, 0.6) is 0 Å². The van der Waals surface area contributed by atoms with Gasteiger partial charge in [-0.25, -0.2) is 0 Å². The molecule has 0 saturated heterocycles. The van der Waals surface area contributed by atoms with E-state index in [-0.39, 0.29) is 11.2 Å². The number of hydrogen-bond acceptors (Lipinski definition) is 6. The summed E-state index contributed by atoms with van der Waals surface area (Å²) in [5.41, 5.74) is 5.45. The van der Waals surface area contributed by atoms with Gasteiger partial charge in [-0.15, -0.1) is 11.3 Å². The number of nitrogens with zero attached hydrogens (tertiary/aromatic N) is 3. The van der Waals surface area contributed by atoms with Crippen LogP contribution >= 0.6 is 22.9 Å². The first-order chi connectivity index (χ1) is 7.63. The van der Waals surface area contributed by atoms with Crippen LogP contribution in [-0.4, -0.2) is 15.0 Å². The van der Waals surface area contributed by atoms with Crippen molar-refractivity contribution in [1.82, 2.24) is 15.0 Å². The van der Waals surface area contributed by atoms with Crippen molar-refractivity contribution in [2.75, 3.05) is 11.1 Å². The highest BCUT2D eigenvalue weighted by Crippen LogP contribution is 2.16. The lowest BCUT2D eigenvalue weighted by Gasteiger charge is -2.03. The van der Waals surface area contributed by atoms with Crippen molar-refractivity contribution in [3.05, 3.63) is 27.2 Å². The van der Waals surface area contributed by atoms with Crippen molar-refractivity contribution in [3.8, 4) is 0 Å². The fraction of sp³-hybridized carbons (Fsp3) is 0.222. The van der Waals surface area contributed by atoms with E-state index >= 15 is 0 Å². The second-order valence-corrected chi connectivity index (χ2v) is 4.86. The smallest absolute Gasteiger partial charge is 0.229 e. The van der Waals surface area contributed by atoms with Gasteiger partial charge in [-0.2, -0.15) is 15.0 Å². The Morgan fingerprint density at radius 1 is 1.38 bits per heavy atom. The van der Waals surface area contributed by atoms with Crippen LogP contribution in [0, 0.1) is 6.92 Å². The summed E-state index contributed by atoms with van der Waals surface area (Å²) in [4.78, 5) is 14.0. The first kappa shape index (κ1) is 11.1. The van der Waals surface area contributed by atoms with Crippen LogP contribution in [0.1, 0.15) is 9.75 Å². The molecule has 7 heteroatoms. The fourth-order valence-electron chi connectivity index (χ4n) is 1.19. The van der Waals surface area contributed by atoms with E-state index in [1.54, 1.807) is 11.3 Å². The van der Waals surface area contributed by atoms with E-state index in [0.29, 0.717) is 12.5 Å². The van der Waals surface area contributed by atoms with Crippen LogP contribution in [0.2, 0.25) is 5.28 Å². The average molecular weight is 256 g/mol. The minimum Gasteiger partial charge on any atom is -0.368 e. The Labute approximate surface area is 102 Å². The monoisotopic (exact) mass is 255 g/mol. The SMILES string of the molecule is Cc1ccc(CNc2nc(N)nc(Cl)n2)s1. The summed E-state index contributed by atoms with van der Waals surface area (Å²) in [7, 11) is 0. The molecule has 0 aliphatic rings. The zero-order valence-corrected chi connectivity index (χ0v) is 10.1. The van der Waals surface area contributed by atoms with Gasteiger partial charge in [0.1, 0.15) is 0 Å². The van der Waals surface area contributed by atoms with Crippen molar-refractivity contribution in [2.24, 2.45) is 0 Å². The second-order valence-electron chi connectivity index (χ2n) is 3.15. The van der Waals surface area contributed by atoms with Crippen molar-refractivity contribution >= 4 is 34.8 Å². The number of nitrogens with two attached hydrogens (primary N) is 1. The maximum atomic E-state index is 5.66. The highest BCUT2D eigenvalue weighted by Gasteiger charge is 2.02. The van der Waals surface area contributed by atoms with Crippen LogP contribution in [-0.2, 0) is 6.54 Å². The van der Waals surface area contributed by atoms with Crippen molar-refractivity contribution < 1.29 is 0 Å². The molecular formula is C9H10ClN5S. The average Bonchev–Trinajstić information content (AvgIpc) is 2.60. The quantitative estimate of drug-likeness (QED) is 0.878. The first-order valence-electron chi connectivity index (χ1n) is 4.60. The van der Waals surface area contributed by atoms with Gasteiger partial charge in [-0.05, 0) is 30.7 Å².